The molecule has 0 bridgehead atoms. The van der Waals surface area contributed by atoms with Gasteiger partial charge in [-0.3, -0.25) is 4.79 Å². The first-order chi connectivity index (χ1) is 11.6. The van der Waals surface area contributed by atoms with E-state index >= 15 is 0 Å². The van der Waals surface area contributed by atoms with Crippen molar-refractivity contribution in [2.45, 2.75) is 51.1 Å². The molecule has 0 saturated carbocycles. The maximum atomic E-state index is 13.0. The Labute approximate surface area is 143 Å². The highest BCUT2D eigenvalue weighted by Crippen LogP contribution is 2.31. The average molecular weight is 345 g/mol. The van der Waals surface area contributed by atoms with Gasteiger partial charge in [0, 0.05) is 11.3 Å². The minimum absolute atomic E-state index is 0.180. The van der Waals surface area contributed by atoms with Gasteiger partial charge in [0.05, 0.1) is 29.1 Å². The Kier molecular flexibility index (Phi) is 3.88. The predicted octanol–water partition coefficient (Wildman–Crippen LogP) is 2.39. The molecule has 126 valence electrons. The van der Waals surface area contributed by atoms with Gasteiger partial charge in [0.15, 0.2) is 0 Å². The molecule has 2 aromatic rings. The number of carbonyl (C=O) groups excluding carboxylic acids is 1. The lowest BCUT2D eigenvalue weighted by atomic mass is 10.0. The number of rotatable bonds is 2. The van der Waals surface area contributed by atoms with Crippen LogP contribution in [0, 0.1) is 0 Å². The third kappa shape index (κ3) is 2.62. The van der Waals surface area contributed by atoms with Gasteiger partial charge in [-0.1, -0.05) is 6.42 Å². The van der Waals surface area contributed by atoms with Crippen molar-refractivity contribution in [3.05, 3.63) is 39.1 Å². The van der Waals surface area contributed by atoms with E-state index in [9.17, 15) is 14.7 Å². The van der Waals surface area contributed by atoms with E-state index in [-0.39, 0.29) is 18.9 Å². The molecule has 1 aliphatic carbocycles. The number of aromatic nitrogens is 2. The number of aliphatic carboxylic acids is 1. The standard InChI is InChI=1S/C17H19N3O3S/c21-16(15-6-10-4-2-1-3-5-14(10)24-15)20-8-12-11(18-9-19-12)7-13(20)17(22)23/h6,9,13H,1-5,7-8H2,(H,18,19)(H,22,23). The summed E-state index contributed by atoms with van der Waals surface area (Å²) in [5.74, 6) is -1.16. The van der Waals surface area contributed by atoms with Crippen LogP contribution in [0.3, 0.4) is 0 Å². The monoisotopic (exact) mass is 345 g/mol. The lowest BCUT2D eigenvalue weighted by Crippen LogP contribution is -2.48. The highest BCUT2D eigenvalue weighted by atomic mass is 32.1. The maximum Gasteiger partial charge on any atom is 0.326 e. The second kappa shape index (κ2) is 6.05. The summed E-state index contributed by atoms with van der Waals surface area (Å²) in [5.41, 5.74) is 2.85. The summed E-state index contributed by atoms with van der Waals surface area (Å²) in [5, 5.41) is 9.54. The van der Waals surface area contributed by atoms with E-state index in [2.05, 4.69) is 9.97 Å². The van der Waals surface area contributed by atoms with Crippen LogP contribution in [0.2, 0.25) is 0 Å². The number of amides is 1. The summed E-state index contributed by atoms with van der Waals surface area (Å²) in [6.45, 7) is 0.272. The van der Waals surface area contributed by atoms with E-state index in [1.165, 1.54) is 39.5 Å². The highest BCUT2D eigenvalue weighted by molar-refractivity contribution is 7.14. The first-order valence-corrected chi connectivity index (χ1v) is 9.11. The van der Waals surface area contributed by atoms with Crippen molar-refractivity contribution >= 4 is 23.2 Å². The van der Waals surface area contributed by atoms with Crippen molar-refractivity contribution < 1.29 is 14.7 Å². The lowest BCUT2D eigenvalue weighted by Gasteiger charge is -2.32. The molecule has 0 spiro atoms. The first-order valence-electron chi connectivity index (χ1n) is 8.30. The molecule has 2 aliphatic rings. The second-order valence-electron chi connectivity index (χ2n) is 6.44. The number of nitrogens with one attached hydrogen (secondary N) is 1. The van der Waals surface area contributed by atoms with Crippen LogP contribution in [0.5, 0.6) is 0 Å². The number of nitrogens with zero attached hydrogens (tertiary/aromatic N) is 2. The normalized spacial score (nSPS) is 20.2. The molecule has 1 amide bonds. The van der Waals surface area contributed by atoms with Gasteiger partial charge in [-0.25, -0.2) is 9.78 Å². The zero-order valence-corrected chi connectivity index (χ0v) is 14.1. The Morgan fingerprint density at radius 2 is 2.12 bits per heavy atom. The molecule has 7 heteroatoms. The Hall–Kier alpha value is -2.15. The molecule has 3 heterocycles. The molecule has 2 aromatic heterocycles. The van der Waals surface area contributed by atoms with Gasteiger partial charge >= 0.3 is 5.97 Å². The molecular formula is C17H19N3O3S. The lowest BCUT2D eigenvalue weighted by molar-refractivity contribution is -0.142. The minimum Gasteiger partial charge on any atom is -0.480 e. The van der Waals surface area contributed by atoms with Crippen molar-refractivity contribution in [3.63, 3.8) is 0 Å². The average Bonchev–Trinajstić information content (AvgIpc) is 3.14. The molecule has 1 aliphatic heterocycles. The molecule has 24 heavy (non-hydrogen) atoms. The Morgan fingerprint density at radius 3 is 2.96 bits per heavy atom. The number of carboxylic acids is 1. The Morgan fingerprint density at radius 1 is 1.29 bits per heavy atom. The number of imidazole rings is 1. The van der Waals surface area contributed by atoms with E-state index in [1.54, 1.807) is 6.33 Å². The van der Waals surface area contributed by atoms with Gasteiger partial charge in [0.2, 0.25) is 0 Å². The van der Waals surface area contributed by atoms with E-state index in [4.69, 9.17) is 0 Å². The largest absolute Gasteiger partial charge is 0.480 e. The van der Waals surface area contributed by atoms with Crippen LogP contribution in [-0.4, -0.2) is 37.9 Å². The summed E-state index contributed by atoms with van der Waals surface area (Å²) in [6.07, 6.45) is 7.43. The van der Waals surface area contributed by atoms with Gasteiger partial charge in [0.1, 0.15) is 6.04 Å². The topological polar surface area (TPSA) is 86.3 Å². The van der Waals surface area contributed by atoms with Crippen LogP contribution in [0.1, 0.15) is 50.8 Å². The van der Waals surface area contributed by atoms with Crippen molar-refractivity contribution in [2.75, 3.05) is 0 Å². The smallest absolute Gasteiger partial charge is 0.326 e. The van der Waals surface area contributed by atoms with Crippen molar-refractivity contribution in [1.82, 2.24) is 14.9 Å². The zero-order valence-electron chi connectivity index (χ0n) is 13.2. The molecule has 1 atom stereocenters. The van der Waals surface area contributed by atoms with E-state index in [0.717, 1.165) is 30.7 Å². The summed E-state index contributed by atoms with van der Waals surface area (Å²) in [4.78, 5) is 35.2. The van der Waals surface area contributed by atoms with Gasteiger partial charge in [-0.05, 0) is 37.3 Å². The van der Waals surface area contributed by atoms with Crippen molar-refractivity contribution in [1.29, 1.82) is 0 Å². The minimum atomic E-state index is -0.977. The molecule has 0 fully saturated rings. The second-order valence-corrected chi connectivity index (χ2v) is 7.58. The van der Waals surface area contributed by atoms with Crippen molar-refractivity contribution in [2.24, 2.45) is 0 Å². The van der Waals surface area contributed by atoms with Crippen LogP contribution < -0.4 is 0 Å². The Bertz CT molecular complexity index is 771. The fourth-order valence-corrected chi connectivity index (χ4v) is 4.79. The fraction of sp³-hybridized carbons (Fsp3) is 0.471. The molecular weight excluding hydrogens is 326 g/mol. The summed E-state index contributed by atoms with van der Waals surface area (Å²) < 4.78 is 0. The van der Waals surface area contributed by atoms with Crippen LogP contribution in [0.15, 0.2) is 12.4 Å². The number of aryl methyl sites for hydroxylation is 2. The summed E-state index contributed by atoms with van der Waals surface area (Å²) >= 11 is 1.54. The van der Waals surface area contributed by atoms with E-state index in [1.807, 2.05) is 6.07 Å². The van der Waals surface area contributed by atoms with Gasteiger partial charge in [-0.2, -0.15) is 0 Å². The summed E-state index contributed by atoms with van der Waals surface area (Å²) in [7, 11) is 0. The molecule has 6 nitrogen and oxygen atoms in total. The van der Waals surface area contributed by atoms with Crippen LogP contribution in [-0.2, 0) is 30.6 Å². The molecule has 0 saturated heterocycles. The van der Waals surface area contributed by atoms with Gasteiger partial charge in [-0.15, -0.1) is 11.3 Å². The van der Waals surface area contributed by atoms with Gasteiger partial charge < -0.3 is 15.0 Å². The van der Waals surface area contributed by atoms with Crippen LogP contribution in [0.25, 0.3) is 0 Å². The third-order valence-electron chi connectivity index (χ3n) is 4.90. The fourth-order valence-electron chi connectivity index (χ4n) is 3.58. The zero-order chi connectivity index (χ0) is 16.7. The molecule has 0 radical (unpaired) electrons. The van der Waals surface area contributed by atoms with Gasteiger partial charge in [0.25, 0.3) is 5.91 Å². The first kappa shape index (κ1) is 15.4. The van der Waals surface area contributed by atoms with Crippen molar-refractivity contribution in [3.8, 4) is 0 Å². The number of carboxylic acid groups (broad SMARTS) is 1. The number of thiophene rings is 1. The highest BCUT2D eigenvalue weighted by Gasteiger charge is 2.37. The number of H-pyrrole nitrogens is 1. The maximum absolute atomic E-state index is 13.0. The Balaban J connectivity index is 1.64. The number of carbonyl (C=O) groups is 2. The van der Waals surface area contributed by atoms with E-state index in [0.29, 0.717) is 4.88 Å². The number of hydrogen-bond donors (Lipinski definition) is 2. The number of fused-ring (bicyclic) bond motifs is 2. The molecule has 1 unspecified atom stereocenters. The SMILES string of the molecule is O=C(O)C1Cc2nc[nH]c2CN1C(=O)c1cc2c(s1)CCCCC2. The molecule has 0 aromatic carbocycles. The number of hydrogen-bond acceptors (Lipinski definition) is 4. The number of aromatic amines is 1. The summed E-state index contributed by atoms with van der Waals surface area (Å²) in [6, 6.07) is 1.13. The predicted molar refractivity (Wildman–Crippen MR) is 89.2 cm³/mol. The quantitative estimate of drug-likeness (QED) is 0.818. The third-order valence-corrected chi connectivity index (χ3v) is 6.13. The van der Waals surface area contributed by atoms with Crippen LogP contribution >= 0.6 is 11.3 Å². The molecule has 2 N–H and O–H groups in total. The molecule has 4 rings (SSSR count). The van der Waals surface area contributed by atoms with E-state index < -0.39 is 12.0 Å². The van der Waals surface area contributed by atoms with Crippen LogP contribution in [0.4, 0.5) is 0 Å².